The van der Waals surface area contributed by atoms with E-state index >= 15 is 0 Å². The second-order valence-electron chi connectivity index (χ2n) is 5.19. The minimum Gasteiger partial charge on any atom is -0.489 e. The standard InChI is InChI=1S/C16H22FN5O2/c1-4-18-16(20-10-15-21-12(3)24-22-15)19-9-11(2)23-14-7-5-6-13(17)8-14/h5-8,11H,4,9-10H2,1-3H3,(H2,18,19,20). The van der Waals surface area contributed by atoms with Gasteiger partial charge in [0.05, 0.1) is 6.54 Å². The van der Waals surface area contributed by atoms with Crippen molar-refractivity contribution < 1.29 is 13.7 Å². The molecule has 0 saturated carbocycles. The summed E-state index contributed by atoms with van der Waals surface area (Å²) in [5.41, 5.74) is 0. The highest BCUT2D eigenvalue weighted by Gasteiger charge is 2.07. The molecule has 0 aliphatic heterocycles. The Kier molecular flexibility index (Phi) is 6.53. The van der Waals surface area contributed by atoms with Crippen molar-refractivity contribution in [3.05, 3.63) is 41.8 Å². The molecule has 0 aliphatic carbocycles. The number of nitrogens with zero attached hydrogens (tertiary/aromatic N) is 3. The molecular formula is C16H22FN5O2. The molecule has 7 nitrogen and oxygen atoms in total. The van der Waals surface area contributed by atoms with Gasteiger partial charge in [0.2, 0.25) is 5.89 Å². The van der Waals surface area contributed by atoms with E-state index in [1.807, 2.05) is 13.8 Å². The first-order chi connectivity index (χ1) is 11.6. The zero-order valence-corrected chi connectivity index (χ0v) is 14.0. The maximum Gasteiger partial charge on any atom is 0.223 e. The van der Waals surface area contributed by atoms with Gasteiger partial charge in [-0.15, -0.1) is 0 Å². The molecule has 8 heteroatoms. The van der Waals surface area contributed by atoms with Crippen LogP contribution in [0.2, 0.25) is 0 Å². The number of halogens is 1. The van der Waals surface area contributed by atoms with Gasteiger partial charge < -0.3 is 19.9 Å². The molecule has 1 aromatic carbocycles. The van der Waals surface area contributed by atoms with E-state index in [-0.39, 0.29) is 11.9 Å². The third-order valence-corrected chi connectivity index (χ3v) is 2.98. The first-order valence-corrected chi connectivity index (χ1v) is 7.80. The minimum atomic E-state index is -0.321. The van der Waals surface area contributed by atoms with Crippen molar-refractivity contribution in [1.82, 2.24) is 20.8 Å². The van der Waals surface area contributed by atoms with Crippen LogP contribution in [0.1, 0.15) is 25.6 Å². The topological polar surface area (TPSA) is 84.6 Å². The summed E-state index contributed by atoms with van der Waals surface area (Å²) in [7, 11) is 0. The van der Waals surface area contributed by atoms with Crippen molar-refractivity contribution in [1.29, 1.82) is 0 Å². The summed E-state index contributed by atoms with van der Waals surface area (Å²) < 4.78 is 23.7. The van der Waals surface area contributed by atoms with Crippen LogP contribution >= 0.6 is 0 Å². The van der Waals surface area contributed by atoms with Crippen LogP contribution in [0.15, 0.2) is 33.8 Å². The van der Waals surface area contributed by atoms with E-state index in [0.717, 1.165) is 6.54 Å². The highest BCUT2D eigenvalue weighted by molar-refractivity contribution is 5.79. The first-order valence-electron chi connectivity index (χ1n) is 7.80. The summed E-state index contributed by atoms with van der Waals surface area (Å²) in [5, 5.41) is 10.1. The summed E-state index contributed by atoms with van der Waals surface area (Å²) in [5.74, 6) is 1.82. The highest BCUT2D eigenvalue weighted by atomic mass is 19.1. The minimum absolute atomic E-state index is 0.164. The van der Waals surface area contributed by atoms with Crippen molar-refractivity contribution in [3.8, 4) is 5.75 Å². The molecule has 1 unspecified atom stereocenters. The Morgan fingerprint density at radius 1 is 1.42 bits per heavy atom. The van der Waals surface area contributed by atoms with Crippen LogP contribution in [0.4, 0.5) is 4.39 Å². The van der Waals surface area contributed by atoms with Crippen LogP contribution in [-0.2, 0) is 6.54 Å². The molecule has 1 atom stereocenters. The van der Waals surface area contributed by atoms with Crippen LogP contribution in [0.5, 0.6) is 5.75 Å². The van der Waals surface area contributed by atoms with E-state index in [1.54, 1.807) is 19.1 Å². The number of rotatable bonds is 7. The van der Waals surface area contributed by atoms with Gasteiger partial charge >= 0.3 is 0 Å². The fourth-order valence-corrected chi connectivity index (χ4v) is 1.95. The fraction of sp³-hybridized carbons (Fsp3) is 0.438. The summed E-state index contributed by atoms with van der Waals surface area (Å²) in [6, 6.07) is 6.07. The quantitative estimate of drug-likeness (QED) is 0.595. The van der Waals surface area contributed by atoms with Gasteiger partial charge in [-0.25, -0.2) is 9.38 Å². The van der Waals surface area contributed by atoms with Gasteiger partial charge in [0.15, 0.2) is 11.8 Å². The fourth-order valence-electron chi connectivity index (χ4n) is 1.95. The maximum absolute atomic E-state index is 13.2. The van der Waals surface area contributed by atoms with E-state index in [4.69, 9.17) is 9.26 Å². The van der Waals surface area contributed by atoms with E-state index in [1.165, 1.54) is 12.1 Å². The molecule has 2 N–H and O–H groups in total. The number of aromatic nitrogens is 2. The van der Waals surface area contributed by atoms with Crippen molar-refractivity contribution >= 4 is 5.96 Å². The molecule has 0 radical (unpaired) electrons. The Labute approximate surface area is 140 Å². The zero-order valence-electron chi connectivity index (χ0n) is 14.0. The number of hydrogen-bond donors (Lipinski definition) is 2. The van der Waals surface area contributed by atoms with Crippen LogP contribution in [0, 0.1) is 12.7 Å². The number of ether oxygens (including phenoxy) is 1. The largest absolute Gasteiger partial charge is 0.489 e. The third-order valence-electron chi connectivity index (χ3n) is 2.98. The van der Waals surface area contributed by atoms with Gasteiger partial charge in [-0.2, -0.15) is 4.98 Å². The average Bonchev–Trinajstić information content (AvgIpc) is 2.95. The maximum atomic E-state index is 13.2. The molecule has 2 rings (SSSR count). The predicted octanol–water partition coefficient (Wildman–Crippen LogP) is 2.04. The second kappa shape index (κ2) is 8.85. The van der Waals surface area contributed by atoms with Crippen molar-refractivity contribution in [2.75, 3.05) is 13.1 Å². The molecule has 0 spiro atoms. The van der Waals surface area contributed by atoms with Crippen LogP contribution < -0.4 is 15.4 Å². The average molecular weight is 335 g/mol. The first kappa shape index (κ1) is 17.7. The molecule has 130 valence electrons. The molecule has 0 bridgehead atoms. The smallest absolute Gasteiger partial charge is 0.223 e. The Bertz CT molecular complexity index is 674. The lowest BCUT2D eigenvalue weighted by Gasteiger charge is -2.17. The molecule has 24 heavy (non-hydrogen) atoms. The number of nitrogens with one attached hydrogen (secondary N) is 2. The number of hydrogen-bond acceptors (Lipinski definition) is 5. The molecule has 1 heterocycles. The van der Waals surface area contributed by atoms with E-state index in [2.05, 4.69) is 25.8 Å². The lowest BCUT2D eigenvalue weighted by molar-refractivity contribution is 0.223. The number of aliphatic imine (C=N–C) groups is 1. The van der Waals surface area contributed by atoms with E-state index in [0.29, 0.717) is 36.5 Å². The van der Waals surface area contributed by atoms with Crippen molar-refractivity contribution in [2.45, 2.75) is 33.4 Å². The zero-order chi connectivity index (χ0) is 17.4. The van der Waals surface area contributed by atoms with Gasteiger partial charge in [0.1, 0.15) is 24.2 Å². The third kappa shape index (κ3) is 5.86. The number of benzene rings is 1. The Hall–Kier alpha value is -2.64. The Morgan fingerprint density at radius 2 is 2.25 bits per heavy atom. The van der Waals surface area contributed by atoms with E-state index < -0.39 is 0 Å². The van der Waals surface area contributed by atoms with Crippen LogP contribution in [0.25, 0.3) is 0 Å². The Morgan fingerprint density at radius 3 is 2.92 bits per heavy atom. The summed E-state index contributed by atoms with van der Waals surface area (Å²) in [6.07, 6.45) is -0.164. The molecule has 0 saturated heterocycles. The summed E-state index contributed by atoms with van der Waals surface area (Å²) in [4.78, 5) is 8.49. The predicted molar refractivity (Wildman–Crippen MR) is 88.3 cm³/mol. The van der Waals surface area contributed by atoms with Crippen molar-refractivity contribution in [3.63, 3.8) is 0 Å². The lowest BCUT2D eigenvalue weighted by atomic mass is 10.3. The van der Waals surface area contributed by atoms with Crippen LogP contribution in [-0.4, -0.2) is 35.3 Å². The van der Waals surface area contributed by atoms with Gasteiger partial charge in [-0.05, 0) is 26.0 Å². The SMILES string of the molecule is CCNC(=NCc1noc(C)n1)NCC(C)Oc1cccc(F)c1. The van der Waals surface area contributed by atoms with E-state index in [9.17, 15) is 4.39 Å². The lowest BCUT2D eigenvalue weighted by Crippen LogP contribution is -2.41. The van der Waals surface area contributed by atoms with Gasteiger partial charge in [0, 0.05) is 19.5 Å². The highest BCUT2D eigenvalue weighted by Crippen LogP contribution is 2.13. The van der Waals surface area contributed by atoms with Crippen molar-refractivity contribution in [2.24, 2.45) is 4.99 Å². The Balaban J connectivity index is 1.85. The molecule has 0 fully saturated rings. The molecule has 1 aromatic heterocycles. The monoisotopic (exact) mass is 335 g/mol. The van der Waals surface area contributed by atoms with Crippen LogP contribution in [0.3, 0.4) is 0 Å². The molecule has 0 aliphatic rings. The van der Waals surface area contributed by atoms with Gasteiger partial charge in [-0.1, -0.05) is 11.2 Å². The number of guanidine groups is 1. The second-order valence-corrected chi connectivity index (χ2v) is 5.19. The summed E-state index contributed by atoms with van der Waals surface area (Å²) in [6.45, 7) is 7.14. The number of aryl methyl sites for hydroxylation is 1. The molecular weight excluding hydrogens is 313 g/mol. The molecule has 2 aromatic rings. The normalized spacial score (nSPS) is 12.8. The molecule has 0 amide bonds. The van der Waals surface area contributed by atoms with Gasteiger partial charge in [-0.3, -0.25) is 0 Å². The van der Waals surface area contributed by atoms with Gasteiger partial charge in [0.25, 0.3) is 0 Å². The summed E-state index contributed by atoms with van der Waals surface area (Å²) >= 11 is 0.